The highest BCUT2D eigenvalue weighted by Crippen LogP contribution is 2.32. The van der Waals surface area contributed by atoms with E-state index in [1.807, 2.05) is 29.2 Å². The van der Waals surface area contributed by atoms with Gasteiger partial charge in [0, 0.05) is 24.5 Å². The summed E-state index contributed by atoms with van der Waals surface area (Å²) in [6.45, 7) is 1.26. The first-order valence-corrected chi connectivity index (χ1v) is 6.35. The Hall–Kier alpha value is -1.06. The summed E-state index contributed by atoms with van der Waals surface area (Å²) in [6.07, 6.45) is 2.52. The van der Waals surface area contributed by atoms with E-state index in [-0.39, 0.29) is 11.9 Å². The van der Waals surface area contributed by atoms with Crippen molar-refractivity contribution in [1.29, 1.82) is 0 Å². The summed E-state index contributed by atoms with van der Waals surface area (Å²) in [4.78, 5) is 13.9. The lowest BCUT2D eigenvalue weighted by molar-refractivity contribution is -0.131. The van der Waals surface area contributed by atoms with E-state index in [1.54, 1.807) is 0 Å². The summed E-state index contributed by atoms with van der Waals surface area (Å²) < 4.78 is 0. The fraction of sp³-hybridized carbons (Fsp3) is 0.462. The van der Waals surface area contributed by atoms with Gasteiger partial charge in [0.1, 0.15) is 0 Å². The van der Waals surface area contributed by atoms with Gasteiger partial charge < -0.3 is 10.6 Å². The fourth-order valence-electron chi connectivity index (χ4n) is 2.36. The molecule has 1 fully saturated rings. The van der Waals surface area contributed by atoms with Crippen molar-refractivity contribution in [1.82, 2.24) is 4.90 Å². The number of halogens is 1. The maximum atomic E-state index is 11.9. The number of carbonyl (C=O) groups is 1. The van der Waals surface area contributed by atoms with Crippen LogP contribution in [0.15, 0.2) is 24.3 Å². The number of carbonyl (C=O) groups excluding carboxylic acids is 1. The van der Waals surface area contributed by atoms with Crippen LogP contribution in [0, 0.1) is 0 Å². The van der Waals surface area contributed by atoms with Crippen LogP contribution < -0.4 is 5.73 Å². The van der Waals surface area contributed by atoms with E-state index in [9.17, 15) is 4.79 Å². The van der Waals surface area contributed by atoms with Crippen LogP contribution in [-0.2, 0) is 4.79 Å². The highest BCUT2D eigenvalue weighted by Gasteiger charge is 2.29. The molecule has 0 spiro atoms. The number of nitrogens with two attached hydrogens (primary N) is 1. The molecule has 0 bridgehead atoms. The average molecular weight is 253 g/mol. The molecule has 4 heteroatoms. The molecule has 1 aliphatic rings. The first-order valence-electron chi connectivity index (χ1n) is 5.97. The second kappa shape index (κ2) is 5.52. The molecule has 0 saturated carbocycles. The predicted molar refractivity (Wildman–Crippen MR) is 68.8 cm³/mol. The molecule has 1 aliphatic heterocycles. The van der Waals surface area contributed by atoms with Gasteiger partial charge in [0.25, 0.3) is 0 Å². The van der Waals surface area contributed by atoms with Crippen molar-refractivity contribution in [2.75, 3.05) is 13.1 Å². The molecule has 1 aromatic carbocycles. The number of hydrogen-bond acceptors (Lipinski definition) is 2. The first-order chi connectivity index (χ1) is 8.22. The zero-order valence-corrected chi connectivity index (χ0v) is 10.5. The monoisotopic (exact) mass is 252 g/mol. The van der Waals surface area contributed by atoms with Gasteiger partial charge in [-0.25, -0.2) is 0 Å². The highest BCUT2D eigenvalue weighted by atomic mass is 35.5. The molecule has 1 aromatic rings. The number of hydrogen-bond donors (Lipinski definition) is 1. The topological polar surface area (TPSA) is 46.3 Å². The minimum atomic E-state index is 0.157. The van der Waals surface area contributed by atoms with E-state index >= 15 is 0 Å². The molecule has 2 N–H and O–H groups in total. The van der Waals surface area contributed by atoms with Gasteiger partial charge in [0.2, 0.25) is 5.91 Å². The molecular weight excluding hydrogens is 236 g/mol. The van der Waals surface area contributed by atoms with Gasteiger partial charge in [-0.2, -0.15) is 0 Å². The van der Waals surface area contributed by atoms with E-state index < -0.39 is 0 Å². The van der Waals surface area contributed by atoms with Crippen molar-refractivity contribution < 1.29 is 4.79 Å². The predicted octanol–water partition coefficient (Wildman–Crippen LogP) is 2.35. The van der Waals surface area contributed by atoms with Crippen molar-refractivity contribution in [3.63, 3.8) is 0 Å². The molecule has 1 saturated heterocycles. The van der Waals surface area contributed by atoms with E-state index in [0.717, 1.165) is 30.0 Å². The SMILES string of the molecule is NCCC(=O)N1CCCC1c1ccc(Cl)cc1. The van der Waals surface area contributed by atoms with Gasteiger partial charge in [0.05, 0.1) is 6.04 Å². The Morgan fingerprint density at radius 1 is 1.41 bits per heavy atom. The zero-order valence-electron chi connectivity index (χ0n) is 9.73. The number of likely N-dealkylation sites (tertiary alicyclic amines) is 1. The minimum Gasteiger partial charge on any atom is -0.336 e. The lowest BCUT2D eigenvalue weighted by Gasteiger charge is -2.25. The summed E-state index contributed by atoms with van der Waals surface area (Å²) in [5, 5.41) is 0.728. The third-order valence-corrected chi connectivity index (χ3v) is 3.44. The average Bonchev–Trinajstić information content (AvgIpc) is 2.79. The standard InChI is InChI=1S/C13H17ClN2O/c14-11-5-3-10(4-6-11)12-2-1-9-16(12)13(17)7-8-15/h3-6,12H,1-2,7-9,15H2. The van der Waals surface area contributed by atoms with Crippen LogP contribution >= 0.6 is 11.6 Å². The Balaban J connectivity index is 2.14. The fourth-order valence-corrected chi connectivity index (χ4v) is 2.49. The molecule has 1 unspecified atom stereocenters. The molecule has 0 radical (unpaired) electrons. The van der Waals surface area contributed by atoms with Crippen LogP contribution in [-0.4, -0.2) is 23.9 Å². The van der Waals surface area contributed by atoms with Gasteiger partial charge in [-0.05, 0) is 30.5 Å². The lowest BCUT2D eigenvalue weighted by atomic mass is 10.0. The summed E-state index contributed by atoms with van der Waals surface area (Å²) in [7, 11) is 0. The van der Waals surface area contributed by atoms with Crippen LogP contribution in [0.4, 0.5) is 0 Å². The Morgan fingerprint density at radius 3 is 2.76 bits per heavy atom. The van der Waals surface area contributed by atoms with E-state index in [1.165, 1.54) is 0 Å². The molecule has 3 nitrogen and oxygen atoms in total. The number of amides is 1. The van der Waals surface area contributed by atoms with Crippen LogP contribution in [0.3, 0.4) is 0 Å². The second-order valence-electron chi connectivity index (χ2n) is 4.34. The van der Waals surface area contributed by atoms with E-state index in [4.69, 9.17) is 17.3 Å². The Bertz CT molecular complexity index is 391. The molecule has 92 valence electrons. The maximum Gasteiger partial charge on any atom is 0.224 e. The van der Waals surface area contributed by atoms with Gasteiger partial charge in [0.15, 0.2) is 0 Å². The largest absolute Gasteiger partial charge is 0.336 e. The summed E-state index contributed by atoms with van der Waals surface area (Å²) in [5.41, 5.74) is 6.60. The van der Waals surface area contributed by atoms with E-state index in [0.29, 0.717) is 13.0 Å². The first kappa shape index (κ1) is 12.4. The number of benzene rings is 1. The Morgan fingerprint density at radius 2 is 2.12 bits per heavy atom. The Labute approximate surface area is 107 Å². The van der Waals surface area contributed by atoms with Gasteiger partial charge in [-0.1, -0.05) is 23.7 Å². The molecule has 2 rings (SSSR count). The van der Waals surface area contributed by atoms with Crippen molar-refractivity contribution >= 4 is 17.5 Å². The molecule has 17 heavy (non-hydrogen) atoms. The molecule has 0 aromatic heterocycles. The van der Waals surface area contributed by atoms with Gasteiger partial charge in [-0.3, -0.25) is 4.79 Å². The van der Waals surface area contributed by atoms with E-state index in [2.05, 4.69) is 0 Å². The molecule has 1 amide bonds. The number of rotatable bonds is 3. The van der Waals surface area contributed by atoms with Gasteiger partial charge >= 0.3 is 0 Å². The minimum absolute atomic E-state index is 0.157. The summed E-state index contributed by atoms with van der Waals surface area (Å²) >= 11 is 5.87. The van der Waals surface area contributed by atoms with Crippen LogP contribution in [0.25, 0.3) is 0 Å². The highest BCUT2D eigenvalue weighted by molar-refractivity contribution is 6.30. The molecule has 1 atom stereocenters. The van der Waals surface area contributed by atoms with Crippen LogP contribution in [0.5, 0.6) is 0 Å². The summed E-state index contributed by atoms with van der Waals surface area (Å²) in [6, 6.07) is 7.95. The van der Waals surface area contributed by atoms with Crippen LogP contribution in [0.2, 0.25) is 5.02 Å². The van der Waals surface area contributed by atoms with Crippen LogP contribution in [0.1, 0.15) is 30.9 Å². The normalized spacial score (nSPS) is 19.6. The quantitative estimate of drug-likeness (QED) is 0.898. The molecular formula is C13H17ClN2O. The van der Waals surface area contributed by atoms with Crippen molar-refractivity contribution in [2.45, 2.75) is 25.3 Å². The summed E-state index contributed by atoms with van der Waals surface area (Å²) in [5.74, 6) is 0.157. The Kier molecular flexibility index (Phi) is 4.02. The third kappa shape index (κ3) is 2.79. The molecule has 0 aliphatic carbocycles. The maximum absolute atomic E-state index is 11.9. The zero-order chi connectivity index (χ0) is 12.3. The smallest absolute Gasteiger partial charge is 0.224 e. The number of nitrogens with zero attached hydrogens (tertiary/aromatic N) is 1. The van der Waals surface area contributed by atoms with Crippen molar-refractivity contribution in [3.8, 4) is 0 Å². The van der Waals surface area contributed by atoms with Gasteiger partial charge in [-0.15, -0.1) is 0 Å². The third-order valence-electron chi connectivity index (χ3n) is 3.19. The lowest BCUT2D eigenvalue weighted by Crippen LogP contribution is -2.31. The molecule has 1 heterocycles. The van der Waals surface area contributed by atoms with Crippen molar-refractivity contribution in [3.05, 3.63) is 34.9 Å². The van der Waals surface area contributed by atoms with Crippen molar-refractivity contribution in [2.24, 2.45) is 5.73 Å². The second-order valence-corrected chi connectivity index (χ2v) is 4.77.